The number of aromatic nitrogens is 2. The number of hydrogen-bond acceptors (Lipinski definition) is 6. The molecule has 1 aromatic heterocycles. The van der Waals surface area contributed by atoms with Gasteiger partial charge in [0.05, 0.1) is 15.8 Å². The van der Waals surface area contributed by atoms with Crippen LogP contribution in [0.1, 0.15) is 21.5 Å². The summed E-state index contributed by atoms with van der Waals surface area (Å²) >= 11 is 1.42. The van der Waals surface area contributed by atoms with Crippen molar-refractivity contribution >= 4 is 38.6 Å². The van der Waals surface area contributed by atoms with Gasteiger partial charge >= 0.3 is 0 Å². The number of thioether (sulfide) groups is 1. The van der Waals surface area contributed by atoms with E-state index in [4.69, 9.17) is 15.9 Å². The number of amides is 1. The highest BCUT2D eigenvalue weighted by atomic mass is 32.2. The molecule has 1 amide bonds. The van der Waals surface area contributed by atoms with E-state index < -0.39 is 15.9 Å². The Morgan fingerprint density at radius 2 is 1.59 bits per heavy atom. The molecule has 0 atom stereocenters. The third-order valence-corrected chi connectivity index (χ3v) is 7.29. The van der Waals surface area contributed by atoms with Crippen LogP contribution >= 0.6 is 11.8 Å². The van der Waals surface area contributed by atoms with Crippen LogP contribution in [0.15, 0.2) is 87.6 Å². The first kappa shape index (κ1) is 23.7. The lowest BCUT2D eigenvalue weighted by molar-refractivity contribution is 0.100. The van der Waals surface area contributed by atoms with Gasteiger partial charge in [0.2, 0.25) is 15.9 Å². The van der Waals surface area contributed by atoms with Gasteiger partial charge in [0.15, 0.2) is 5.16 Å². The highest BCUT2D eigenvalue weighted by Gasteiger charge is 2.13. The molecule has 10 heteroatoms. The van der Waals surface area contributed by atoms with E-state index in [9.17, 15) is 18.0 Å². The van der Waals surface area contributed by atoms with Gasteiger partial charge in [-0.25, -0.2) is 18.5 Å². The van der Waals surface area contributed by atoms with E-state index >= 15 is 0 Å². The normalized spacial score (nSPS) is 11.6. The van der Waals surface area contributed by atoms with Crippen LogP contribution < -0.4 is 16.4 Å². The van der Waals surface area contributed by atoms with Crippen LogP contribution in [0, 0.1) is 0 Å². The molecular formula is C24H22N4O4S2. The molecular weight excluding hydrogens is 472 g/mol. The van der Waals surface area contributed by atoms with Crippen molar-refractivity contribution < 1.29 is 13.2 Å². The number of para-hydroxylation sites is 1. The number of aryl methyl sites for hydroxylation is 1. The zero-order valence-corrected chi connectivity index (χ0v) is 19.7. The Kier molecular flexibility index (Phi) is 6.82. The van der Waals surface area contributed by atoms with Gasteiger partial charge in [-0.1, -0.05) is 48.2 Å². The minimum absolute atomic E-state index is 0.0411. The van der Waals surface area contributed by atoms with Gasteiger partial charge in [-0.05, 0) is 53.9 Å². The first-order valence-corrected chi connectivity index (χ1v) is 12.9. The molecule has 0 aliphatic heterocycles. The number of carbonyl (C=O) groups excluding carboxylic acids is 1. The number of rotatable bonds is 8. The standard InChI is InChI=1S/C24H22N4O4S2/c25-22(29)18-9-5-17(6-10-18)15-33-24-27-21-4-2-1-3-20(21)23(30)28(24)14-13-16-7-11-19(12-8-16)34(26,31)32/h1-12H,13-15H2,(H2,25,29)(H2,26,31,32). The first-order valence-electron chi connectivity index (χ1n) is 10.4. The smallest absolute Gasteiger partial charge is 0.262 e. The Labute approximate surface area is 200 Å². The summed E-state index contributed by atoms with van der Waals surface area (Å²) in [6.45, 7) is 0.369. The second kappa shape index (κ2) is 9.80. The van der Waals surface area contributed by atoms with E-state index in [1.54, 1.807) is 47.0 Å². The number of sulfonamides is 1. The summed E-state index contributed by atoms with van der Waals surface area (Å²) in [5.41, 5.74) is 8.04. The van der Waals surface area contributed by atoms with Gasteiger partial charge in [-0.15, -0.1) is 0 Å². The number of carbonyl (C=O) groups is 1. The highest BCUT2D eigenvalue weighted by molar-refractivity contribution is 7.98. The summed E-state index contributed by atoms with van der Waals surface area (Å²) in [5.74, 6) is 0.0636. The predicted octanol–water partition coefficient (Wildman–Crippen LogP) is 2.68. The van der Waals surface area contributed by atoms with E-state index in [0.717, 1.165) is 11.1 Å². The summed E-state index contributed by atoms with van der Waals surface area (Å²) in [6, 6.07) is 20.5. The molecule has 174 valence electrons. The molecule has 0 radical (unpaired) electrons. The van der Waals surface area contributed by atoms with Gasteiger partial charge in [-0.3, -0.25) is 14.2 Å². The lowest BCUT2D eigenvalue weighted by atomic mass is 10.1. The van der Waals surface area contributed by atoms with Crippen molar-refractivity contribution in [3.8, 4) is 0 Å². The molecule has 8 nitrogen and oxygen atoms in total. The molecule has 0 aliphatic carbocycles. The number of hydrogen-bond donors (Lipinski definition) is 2. The van der Waals surface area contributed by atoms with Gasteiger partial charge in [-0.2, -0.15) is 0 Å². The van der Waals surface area contributed by atoms with Crippen LogP contribution in [-0.2, 0) is 28.7 Å². The van der Waals surface area contributed by atoms with Gasteiger partial charge in [0.1, 0.15) is 0 Å². The lowest BCUT2D eigenvalue weighted by Gasteiger charge is -2.13. The van der Waals surface area contributed by atoms with Gasteiger partial charge in [0.25, 0.3) is 5.56 Å². The van der Waals surface area contributed by atoms with Crippen LogP contribution in [0.4, 0.5) is 0 Å². The maximum atomic E-state index is 13.2. The van der Waals surface area contributed by atoms with Crippen molar-refractivity contribution in [1.82, 2.24) is 9.55 Å². The summed E-state index contributed by atoms with van der Waals surface area (Å²) in [6.07, 6.45) is 0.506. The summed E-state index contributed by atoms with van der Waals surface area (Å²) < 4.78 is 24.6. The molecule has 0 unspecified atom stereocenters. The average Bonchev–Trinajstić information content (AvgIpc) is 2.82. The number of nitrogens with zero attached hydrogens (tertiary/aromatic N) is 2. The Bertz CT molecular complexity index is 1510. The van der Waals surface area contributed by atoms with Crippen LogP contribution in [-0.4, -0.2) is 23.9 Å². The van der Waals surface area contributed by atoms with E-state index in [1.807, 2.05) is 18.2 Å². The summed E-state index contributed by atoms with van der Waals surface area (Å²) in [5, 5.41) is 6.26. The number of primary sulfonamides is 1. The largest absolute Gasteiger partial charge is 0.366 e. The average molecular weight is 495 g/mol. The van der Waals surface area contributed by atoms with Crippen LogP contribution in [0.3, 0.4) is 0 Å². The van der Waals surface area contributed by atoms with Crippen molar-refractivity contribution in [1.29, 1.82) is 0 Å². The van der Waals surface area contributed by atoms with Crippen LogP contribution in [0.5, 0.6) is 0 Å². The van der Waals surface area contributed by atoms with E-state index in [0.29, 0.717) is 40.3 Å². The predicted molar refractivity (Wildman–Crippen MR) is 132 cm³/mol. The Morgan fingerprint density at radius 1 is 0.941 bits per heavy atom. The number of benzene rings is 3. The monoisotopic (exact) mass is 494 g/mol. The molecule has 0 saturated carbocycles. The minimum Gasteiger partial charge on any atom is -0.366 e. The number of nitrogens with two attached hydrogens (primary N) is 2. The topological polar surface area (TPSA) is 138 Å². The zero-order valence-electron chi connectivity index (χ0n) is 18.0. The van der Waals surface area contributed by atoms with Crippen molar-refractivity contribution in [2.45, 2.75) is 28.8 Å². The maximum absolute atomic E-state index is 13.2. The molecule has 0 bridgehead atoms. The number of fused-ring (bicyclic) bond motifs is 1. The summed E-state index contributed by atoms with van der Waals surface area (Å²) in [7, 11) is -3.76. The molecule has 4 N–H and O–H groups in total. The molecule has 0 saturated heterocycles. The molecule has 34 heavy (non-hydrogen) atoms. The minimum atomic E-state index is -3.76. The van der Waals surface area contributed by atoms with Crippen molar-refractivity contribution in [2.24, 2.45) is 10.9 Å². The van der Waals surface area contributed by atoms with E-state index in [-0.39, 0.29) is 10.5 Å². The van der Waals surface area contributed by atoms with Crippen LogP contribution in [0.25, 0.3) is 10.9 Å². The van der Waals surface area contributed by atoms with E-state index in [2.05, 4.69) is 0 Å². The van der Waals surface area contributed by atoms with Gasteiger partial charge in [0, 0.05) is 17.9 Å². The molecule has 3 aromatic carbocycles. The fourth-order valence-electron chi connectivity index (χ4n) is 3.45. The molecule has 0 fully saturated rings. The lowest BCUT2D eigenvalue weighted by Crippen LogP contribution is -2.24. The highest BCUT2D eigenvalue weighted by Crippen LogP contribution is 2.23. The second-order valence-electron chi connectivity index (χ2n) is 7.66. The molecule has 0 aliphatic rings. The Balaban J connectivity index is 1.60. The Hall–Kier alpha value is -3.47. The zero-order chi connectivity index (χ0) is 24.3. The Morgan fingerprint density at radius 3 is 2.24 bits per heavy atom. The third-order valence-electron chi connectivity index (χ3n) is 5.31. The molecule has 1 heterocycles. The molecule has 0 spiro atoms. The van der Waals surface area contributed by atoms with Crippen molar-refractivity contribution in [2.75, 3.05) is 0 Å². The fraction of sp³-hybridized carbons (Fsp3) is 0.125. The van der Waals surface area contributed by atoms with E-state index in [1.165, 1.54) is 23.9 Å². The number of primary amides is 1. The SMILES string of the molecule is NC(=O)c1ccc(CSc2nc3ccccc3c(=O)n2CCc2ccc(S(N)(=O)=O)cc2)cc1. The van der Waals surface area contributed by atoms with Crippen LogP contribution in [0.2, 0.25) is 0 Å². The quantitative estimate of drug-likeness (QED) is 0.285. The molecule has 4 aromatic rings. The van der Waals surface area contributed by atoms with Crippen molar-refractivity contribution in [3.05, 3.63) is 99.8 Å². The second-order valence-corrected chi connectivity index (χ2v) is 10.2. The molecule has 4 rings (SSSR count). The summed E-state index contributed by atoms with van der Waals surface area (Å²) in [4.78, 5) is 29.3. The van der Waals surface area contributed by atoms with Crippen molar-refractivity contribution in [3.63, 3.8) is 0 Å². The maximum Gasteiger partial charge on any atom is 0.262 e. The third kappa shape index (κ3) is 5.36. The van der Waals surface area contributed by atoms with Gasteiger partial charge < -0.3 is 5.73 Å². The first-order chi connectivity index (χ1) is 16.2. The fourth-order valence-corrected chi connectivity index (χ4v) is 4.95.